The van der Waals surface area contributed by atoms with Gasteiger partial charge in [-0.1, -0.05) is 121 Å². The predicted octanol–water partition coefficient (Wildman–Crippen LogP) is 12.2. The van der Waals surface area contributed by atoms with E-state index in [4.69, 9.17) is 0 Å². The van der Waals surface area contributed by atoms with Gasteiger partial charge in [-0.2, -0.15) is 0 Å². The number of rotatable bonds is 5. The first kappa shape index (κ1) is 27.5. The zero-order chi connectivity index (χ0) is 32.3. The molecule has 7 aromatic carbocycles. The molecular formula is C46H31N3. The third kappa shape index (κ3) is 4.44. The topological polar surface area (TPSA) is 25.6 Å². The minimum absolute atomic E-state index is 1.10. The number of hydrogen-bond donors (Lipinski definition) is 1. The Morgan fingerprint density at radius 3 is 1.59 bits per heavy atom. The first-order chi connectivity index (χ1) is 24.3. The number of benzene rings is 7. The fourth-order valence-electron chi connectivity index (χ4n) is 7.62. The van der Waals surface area contributed by atoms with Gasteiger partial charge < -0.3 is 9.55 Å². The molecule has 0 aliphatic heterocycles. The van der Waals surface area contributed by atoms with E-state index in [1.165, 1.54) is 71.5 Å². The fraction of sp³-hybridized carbons (Fsp3) is 0. The van der Waals surface area contributed by atoms with Crippen molar-refractivity contribution in [2.24, 2.45) is 0 Å². The van der Waals surface area contributed by atoms with E-state index in [0.717, 1.165) is 17.0 Å². The lowest BCUT2D eigenvalue weighted by molar-refractivity contribution is 1.14. The zero-order valence-corrected chi connectivity index (χ0v) is 26.7. The molecule has 0 aliphatic rings. The minimum Gasteiger partial charge on any atom is -0.347 e. The molecule has 0 unspecified atom stereocenters. The van der Waals surface area contributed by atoms with Gasteiger partial charge in [0.15, 0.2) is 0 Å². The molecule has 10 rings (SSSR count). The van der Waals surface area contributed by atoms with Gasteiger partial charge in [-0.25, -0.2) is 0 Å². The van der Waals surface area contributed by atoms with Gasteiger partial charge in [0, 0.05) is 39.1 Å². The number of aromatic nitrogens is 3. The molecule has 3 heteroatoms. The molecule has 0 amide bonds. The van der Waals surface area contributed by atoms with Crippen LogP contribution in [-0.4, -0.2) is 14.1 Å². The van der Waals surface area contributed by atoms with Gasteiger partial charge in [0.25, 0.3) is 0 Å². The number of para-hydroxylation sites is 1. The average Bonchev–Trinajstić information content (AvgIpc) is 3.87. The second-order valence-electron chi connectivity index (χ2n) is 12.7. The molecule has 1 N–H and O–H groups in total. The van der Waals surface area contributed by atoms with Crippen molar-refractivity contribution >= 4 is 43.7 Å². The maximum Gasteiger partial charge on any atom is 0.123 e. The van der Waals surface area contributed by atoms with E-state index in [1.54, 1.807) is 0 Å². The number of fused-ring (bicyclic) bond motifs is 6. The summed E-state index contributed by atoms with van der Waals surface area (Å²) in [7, 11) is 0. The number of H-pyrrole nitrogens is 1. The molecule has 0 fully saturated rings. The summed E-state index contributed by atoms with van der Waals surface area (Å²) in [5.74, 6) is 0. The molecule has 0 atom stereocenters. The molecule has 49 heavy (non-hydrogen) atoms. The molecule has 0 spiro atoms. The Hall–Kier alpha value is -6.58. The summed E-state index contributed by atoms with van der Waals surface area (Å²) in [5.41, 5.74) is 14.2. The van der Waals surface area contributed by atoms with Crippen LogP contribution in [0.1, 0.15) is 0 Å². The molecule has 0 saturated heterocycles. The quantitative estimate of drug-likeness (QED) is 0.197. The van der Waals surface area contributed by atoms with Crippen molar-refractivity contribution in [2.75, 3.05) is 0 Å². The van der Waals surface area contributed by atoms with E-state index < -0.39 is 0 Å². The maximum atomic E-state index is 3.54. The van der Waals surface area contributed by atoms with Crippen molar-refractivity contribution in [3.63, 3.8) is 0 Å². The normalized spacial score (nSPS) is 11.7. The standard InChI is InChI=1S/C46H31N3/c1-3-11-31(12-4-1)33-15-9-17-37(27-33)48-43-20-8-7-19-39(43)40-23-21-36(30-45(40)48)35-22-24-44-42(29-35)41-25-26-47-46(41)49(44)38-18-10-16-34(28-38)32-13-5-2-6-14-32/h1-30,47H. The molecule has 10 aromatic rings. The van der Waals surface area contributed by atoms with Crippen LogP contribution in [0.25, 0.3) is 88.5 Å². The second-order valence-corrected chi connectivity index (χ2v) is 12.7. The molecule has 0 saturated carbocycles. The average molecular weight is 626 g/mol. The molecule has 3 heterocycles. The monoisotopic (exact) mass is 625 g/mol. The largest absolute Gasteiger partial charge is 0.347 e. The first-order valence-corrected chi connectivity index (χ1v) is 16.8. The van der Waals surface area contributed by atoms with Crippen LogP contribution in [-0.2, 0) is 0 Å². The van der Waals surface area contributed by atoms with Crippen LogP contribution >= 0.6 is 0 Å². The summed E-state index contributed by atoms with van der Waals surface area (Å²) < 4.78 is 4.77. The van der Waals surface area contributed by atoms with E-state index >= 15 is 0 Å². The number of hydrogen-bond acceptors (Lipinski definition) is 0. The molecular weight excluding hydrogens is 595 g/mol. The van der Waals surface area contributed by atoms with Crippen LogP contribution in [0.2, 0.25) is 0 Å². The first-order valence-electron chi connectivity index (χ1n) is 16.8. The SMILES string of the molecule is c1ccc(-c2cccc(-n3c4ccccc4c4ccc(-c5ccc6c(c5)c5cc[nH]c5n6-c5cccc(-c6ccccc6)c5)cc43)c2)cc1. The van der Waals surface area contributed by atoms with E-state index in [9.17, 15) is 0 Å². The summed E-state index contributed by atoms with van der Waals surface area (Å²) in [6.45, 7) is 0. The lowest BCUT2D eigenvalue weighted by Gasteiger charge is -2.12. The van der Waals surface area contributed by atoms with Crippen molar-refractivity contribution in [3.05, 3.63) is 182 Å². The van der Waals surface area contributed by atoms with Crippen molar-refractivity contribution in [3.8, 4) is 44.8 Å². The summed E-state index contributed by atoms with van der Waals surface area (Å²) >= 11 is 0. The van der Waals surface area contributed by atoms with Gasteiger partial charge in [-0.15, -0.1) is 0 Å². The van der Waals surface area contributed by atoms with Crippen LogP contribution in [0.3, 0.4) is 0 Å². The van der Waals surface area contributed by atoms with E-state index in [1.807, 2.05) is 6.20 Å². The van der Waals surface area contributed by atoms with Crippen molar-refractivity contribution in [1.82, 2.24) is 14.1 Å². The second kappa shape index (κ2) is 11.0. The highest BCUT2D eigenvalue weighted by Gasteiger charge is 2.17. The fourth-order valence-corrected chi connectivity index (χ4v) is 7.62. The number of nitrogens with zero attached hydrogens (tertiary/aromatic N) is 2. The summed E-state index contributed by atoms with van der Waals surface area (Å²) in [4.78, 5) is 3.54. The third-order valence-corrected chi connectivity index (χ3v) is 9.91. The van der Waals surface area contributed by atoms with Gasteiger partial charge in [-0.05, 0) is 88.0 Å². The van der Waals surface area contributed by atoms with Gasteiger partial charge in [0.2, 0.25) is 0 Å². The van der Waals surface area contributed by atoms with E-state index in [0.29, 0.717) is 0 Å². The smallest absolute Gasteiger partial charge is 0.123 e. The third-order valence-electron chi connectivity index (χ3n) is 9.91. The minimum atomic E-state index is 1.10. The highest BCUT2D eigenvalue weighted by atomic mass is 15.0. The highest BCUT2D eigenvalue weighted by molar-refractivity contribution is 6.12. The van der Waals surface area contributed by atoms with E-state index in [2.05, 4.69) is 190 Å². The van der Waals surface area contributed by atoms with Crippen LogP contribution in [0, 0.1) is 0 Å². The molecule has 0 aliphatic carbocycles. The van der Waals surface area contributed by atoms with Crippen molar-refractivity contribution in [2.45, 2.75) is 0 Å². The van der Waals surface area contributed by atoms with Gasteiger partial charge in [-0.3, -0.25) is 4.57 Å². The van der Waals surface area contributed by atoms with Gasteiger partial charge in [0.1, 0.15) is 5.65 Å². The summed E-state index contributed by atoms with van der Waals surface area (Å²) in [5, 5.41) is 4.96. The zero-order valence-electron chi connectivity index (χ0n) is 26.7. The Morgan fingerprint density at radius 2 is 0.857 bits per heavy atom. The molecule has 0 radical (unpaired) electrons. The number of aromatic amines is 1. The van der Waals surface area contributed by atoms with Crippen LogP contribution in [0.5, 0.6) is 0 Å². The van der Waals surface area contributed by atoms with Gasteiger partial charge >= 0.3 is 0 Å². The van der Waals surface area contributed by atoms with Gasteiger partial charge in [0.05, 0.1) is 16.6 Å². The van der Waals surface area contributed by atoms with Crippen molar-refractivity contribution in [1.29, 1.82) is 0 Å². The predicted molar refractivity (Wildman–Crippen MR) is 206 cm³/mol. The van der Waals surface area contributed by atoms with Crippen LogP contribution < -0.4 is 0 Å². The Labute approximate surface area is 283 Å². The lowest BCUT2D eigenvalue weighted by atomic mass is 10.0. The van der Waals surface area contributed by atoms with Crippen molar-refractivity contribution < 1.29 is 0 Å². The Balaban J connectivity index is 1.13. The maximum absolute atomic E-state index is 3.54. The highest BCUT2D eigenvalue weighted by Crippen LogP contribution is 2.38. The van der Waals surface area contributed by atoms with E-state index in [-0.39, 0.29) is 0 Å². The Morgan fingerprint density at radius 1 is 0.306 bits per heavy atom. The summed E-state index contributed by atoms with van der Waals surface area (Å²) in [6.07, 6.45) is 2.04. The molecule has 3 aromatic heterocycles. The Bertz CT molecular complexity index is 2810. The Kier molecular flexibility index (Phi) is 6.18. The summed E-state index contributed by atoms with van der Waals surface area (Å²) in [6, 6.07) is 63.6. The lowest BCUT2D eigenvalue weighted by Crippen LogP contribution is -1.95. The van der Waals surface area contributed by atoms with Crippen LogP contribution in [0.15, 0.2) is 182 Å². The molecule has 3 nitrogen and oxygen atoms in total. The molecule has 0 bridgehead atoms. The van der Waals surface area contributed by atoms with Crippen LogP contribution in [0.4, 0.5) is 0 Å². The number of nitrogens with one attached hydrogen (secondary N) is 1. The molecule has 230 valence electrons.